The number of nitrogens with zero attached hydrogens (tertiary/aromatic N) is 1. The lowest BCUT2D eigenvalue weighted by Crippen LogP contribution is -2.30. The average molecular weight is 166 g/mol. The number of allylic oxidation sites excluding steroid dienone is 1. The molecule has 0 fully saturated rings. The Balaban J connectivity index is 4.23. The number of alkyl halides is 3. The molecule has 6 heteroatoms. The SMILES string of the molecule is NC(=N/C=C/C=O)C(F)(F)F. The van der Waals surface area contributed by atoms with Crippen LogP contribution in [0.1, 0.15) is 0 Å². The maximum atomic E-state index is 11.5. The molecule has 0 aromatic rings. The van der Waals surface area contributed by atoms with Gasteiger partial charge in [0.25, 0.3) is 0 Å². The first-order chi connectivity index (χ1) is 4.98. The first-order valence-electron chi connectivity index (χ1n) is 2.49. The van der Waals surface area contributed by atoms with Crippen molar-refractivity contribution in [1.29, 1.82) is 0 Å². The second kappa shape index (κ2) is 3.75. The van der Waals surface area contributed by atoms with Gasteiger partial charge in [-0.1, -0.05) is 0 Å². The third kappa shape index (κ3) is 4.12. The molecule has 0 aromatic heterocycles. The Bertz CT molecular complexity index is 194. The summed E-state index contributed by atoms with van der Waals surface area (Å²) in [6.07, 6.45) is -2.85. The van der Waals surface area contributed by atoms with Crippen LogP contribution < -0.4 is 5.73 Å². The van der Waals surface area contributed by atoms with Gasteiger partial charge in [-0.25, -0.2) is 4.99 Å². The summed E-state index contributed by atoms with van der Waals surface area (Å²) in [5.74, 6) is -1.48. The normalized spacial score (nSPS) is 13.9. The summed E-state index contributed by atoms with van der Waals surface area (Å²) < 4.78 is 34.5. The van der Waals surface area contributed by atoms with Crippen LogP contribution in [0.3, 0.4) is 0 Å². The topological polar surface area (TPSA) is 55.4 Å². The van der Waals surface area contributed by atoms with Crippen molar-refractivity contribution in [2.45, 2.75) is 6.18 Å². The zero-order chi connectivity index (χ0) is 8.91. The summed E-state index contributed by atoms with van der Waals surface area (Å²) in [7, 11) is 0. The van der Waals surface area contributed by atoms with Crippen molar-refractivity contribution in [3.63, 3.8) is 0 Å². The van der Waals surface area contributed by atoms with Crippen molar-refractivity contribution < 1.29 is 18.0 Å². The van der Waals surface area contributed by atoms with Crippen LogP contribution in [0.15, 0.2) is 17.3 Å². The van der Waals surface area contributed by atoms with Gasteiger partial charge in [0.15, 0.2) is 0 Å². The average Bonchev–Trinajstić information content (AvgIpc) is 1.86. The maximum absolute atomic E-state index is 11.5. The van der Waals surface area contributed by atoms with Gasteiger partial charge in [-0.15, -0.1) is 0 Å². The summed E-state index contributed by atoms with van der Waals surface area (Å²) in [6.45, 7) is 0. The zero-order valence-electron chi connectivity index (χ0n) is 5.30. The molecule has 0 bridgehead atoms. The largest absolute Gasteiger partial charge is 0.448 e. The van der Waals surface area contributed by atoms with Gasteiger partial charge in [-0.05, 0) is 6.08 Å². The van der Waals surface area contributed by atoms with Crippen molar-refractivity contribution >= 4 is 12.1 Å². The van der Waals surface area contributed by atoms with E-state index in [-0.39, 0.29) is 0 Å². The lowest BCUT2D eigenvalue weighted by Gasteiger charge is -2.01. The number of aliphatic imine (C=N–C) groups is 1. The Morgan fingerprint density at radius 3 is 2.36 bits per heavy atom. The van der Waals surface area contributed by atoms with E-state index in [1.54, 1.807) is 0 Å². The summed E-state index contributed by atoms with van der Waals surface area (Å²) >= 11 is 0. The Kier molecular flexibility index (Phi) is 3.29. The molecule has 0 unspecified atom stereocenters. The van der Waals surface area contributed by atoms with Crippen molar-refractivity contribution in [3.8, 4) is 0 Å². The van der Waals surface area contributed by atoms with Crippen LogP contribution in [0, 0.1) is 0 Å². The van der Waals surface area contributed by atoms with Gasteiger partial charge < -0.3 is 5.73 Å². The highest BCUT2D eigenvalue weighted by Gasteiger charge is 2.32. The van der Waals surface area contributed by atoms with Crippen LogP contribution in [0.25, 0.3) is 0 Å². The van der Waals surface area contributed by atoms with Crippen LogP contribution in [-0.2, 0) is 4.79 Å². The van der Waals surface area contributed by atoms with Gasteiger partial charge in [-0.2, -0.15) is 13.2 Å². The predicted molar refractivity (Wildman–Crippen MR) is 32.9 cm³/mol. The van der Waals surface area contributed by atoms with Crippen LogP contribution in [0.5, 0.6) is 0 Å². The minimum Gasteiger partial charge on any atom is -0.380 e. The number of carbonyl (C=O) groups is 1. The second-order valence-corrected chi connectivity index (χ2v) is 1.49. The number of halogens is 3. The number of nitrogens with two attached hydrogens (primary N) is 1. The van der Waals surface area contributed by atoms with Gasteiger partial charge >= 0.3 is 6.18 Å². The Labute approximate surface area is 60.4 Å². The Hall–Kier alpha value is -1.33. The lowest BCUT2D eigenvalue weighted by atomic mass is 10.6. The smallest absolute Gasteiger partial charge is 0.380 e. The summed E-state index contributed by atoms with van der Waals surface area (Å²) in [5, 5.41) is 0. The van der Waals surface area contributed by atoms with Crippen LogP contribution in [-0.4, -0.2) is 18.3 Å². The van der Waals surface area contributed by atoms with E-state index in [0.29, 0.717) is 12.5 Å². The lowest BCUT2D eigenvalue weighted by molar-refractivity contribution is -0.104. The van der Waals surface area contributed by atoms with E-state index in [9.17, 15) is 18.0 Å². The van der Waals surface area contributed by atoms with E-state index < -0.39 is 12.0 Å². The van der Waals surface area contributed by atoms with Gasteiger partial charge in [0.1, 0.15) is 6.29 Å². The summed E-state index contributed by atoms with van der Waals surface area (Å²) in [4.78, 5) is 12.3. The van der Waals surface area contributed by atoms with Gasteiger partial charge in [0, 0.05) is 6.20 Å². The van der Waals surface area contributed by atoms with E-state index in [1.807, 2.05) is 0 Å². The van der Waals surface area contributed by atoms with E-state index in [0.717, 1.165) is 6.08 Å². The third-order valence-corrected chi connectivity index (χ3v) is 0.669. The van der Waals surface area contributed by atoms with Crippen molar-refractivity contribution in [2.24, 2.45) is 10.7 Å². The van der Waals surface area contributed by atoms with Gasteiger partial charge in [0.2, 0.25) is 5.84 Å². The first-order valence-corrected chi connectivity index (χ1v) is 2.49. The number of hydrogen-bond donors (Lipinski definition) is 1. The van der Waals surface area contributed by atoms with Crippen LogP contribution in [0.2, 0.25) is 0 Å². The van der Waals surface area contributed by atoms with Gasteiger partial charge in [0.05, 0.1) is 0 Å². The summed E-state index contributed by atoms with van der Waals surface area (Å²) in [6, 6.07) is 0. The maximum Gasteiger partial charge on any atom is 0.448 e. The highest BCUT2D eigenvalue weighted by molar-refractivity contribution is 5.86. The van der Waals surface area contributed by atoms with Crippen molar-refractivity contribution in [1.82, 2.24) is 0 Å². The molecule has 0 rings (SSSR count). The molecule has 0 aliphatic rings. The third-order valence-electron chi connectivity index (χ3n) is 0.669. The van der Waals surface area contributed by atoms with E-state index in [2.05, 4.69) is 10.7 Å². The fourth-order valence-electron chi connectivity index (χ4n) is 0.232. The molecule has 0 aliphatic carbocycles. The zero-order valence-corrected chi connectivity index (χ0v) is 5.30. The molecule has 0 saturated carbocycles. The minimum absolute atomic E-state index is 0.299. The molecule has 0 amide bonds. The van der Waals surface area contributed by atoms with E-state index in [4.69, 9.17) is 0 Å². The number of hydrogen-bond acceptors (Lipinski definition) is 2. The van der Waals surface area contributed by atoms with E-state index in [1.165, 1.54) is 0 Å². The van der Waals surface area contributed by atoms with Crippen molar-refractivity contribution in [2.75, 3.05) is 0 Å². The van der Waals surface area contributed by atoms with Gasteiger partial charge in [-0.3, -0.25) is 4.79 Å². The molecular weight excluding hydrogens is 161 g/mol. The Morgan fingerprint density at radius 2 is 2.00 bits per heavy atom. The molecule has 0 spiro atoms. The number of amidine groups is 1. The molecule has 11 heavy (non-hydrogen) atoms. The molecule has 0 aliphatic heterocycles. The first kappa shape index (κ1) is 9.67. The minimum atomic E-state index is -4.63. The summed E-state index contributed by atoms with van der Waals surface area (Å²) in [5.41, 5.74) is 4.45. The standard InChI is InChI=1S/C5H5F3N2O/c6-5(7,8)4(9)10-2-1-3-11/h1-3H,(H2,9,10)/b2-1+. The molecule has 0 saturated heterocycles. The van der Waals surface area contributed by atoms with Crippen molar-refractivity contribution in [3.05, 3.63) is 12.3 Å². The number of carbonyl (C=O) groups excluding carboxylic acids is 1. The molecule has 3 nitrogen and oxygen atoms in total. The fraction of sp³-hybridized carbons (Fsp3) is 0.200. The molecular formula is C5H5F3N2O. The fourth-order valence-corrected chi connectivity index (χ4v) is 0.232. The molecule has 0 atom stereocenters. The molecule has 2 N–H and O–H groups in total. The van der Waals surface area contributed by atoms with Crippen LogP contribution in [0.4, 0.5) is 13.2 Å². The highest BCUT2D eigenvalue weighted by Crippen LogP contribution is 2.13. The molecule has 62 valence electrons. The Morgan fingerprint density at radius 1 is 1.45 bits per heavy atom. The molecule has 0 heterocycles. The number of aldehydes is 1. The van der Waals surface area contributed by atoms with Crippen LogP contribution >= 0.6 is 0 Å². The highest BCUT2D eigenvalue weighted by atomic mass is 19.4. The quantitative estimate of drug-likeness (QED) is 0.283. The van der Waals surface area contributed by atoms with E-state index >= 15 is 0 Å². The molecule has 0 aromatic carbocycles. The number of rotatable bonds is 2. The molecule has 0 radical (unpaired) electrons. The predicted octanol–water partition coefficient (Wildman–Crippen LogP) is 0.619. The monoisotopic (exact) mass is 166 g/mol. The second-order valence-electron chi connectivity index (χ2n) is 1.49.